The van der Waals surface area contributed by atoms with E-state index in [1.807, 2.05) is 11.8 Å². The van der Waals surface area contributed by atoms with Gasteiger partial charge >= 0.3 is 0 Å². The molecule has 3 heterocycles. The lowest BCUT2D eigenvalue weighted by Crippen LogP contribution is -2.41. The third-order valence-electron chi connectivity index (χ3n) is 10.1. The molecule has 65 heavy (non-hydrogen) atoms. The highest BCUT2D eigenvalue weighted by molar-refractivity contribution is 7.90. The van der Waals surface area contributed by atoms with E-state index in [1.54, 1.807) is 38.1 Å². The SMILES string of the molecule is Cc1ccc(-n2c(C(=O)Nc3ccc(-n4c(C(N)=O)nnc4-c4cc(S(=O)(=O)NCCN5CCOCC5)c(O)cc4O)cc3)nnc2-c2cc(S(=O)(=O)NCC(C)C)c(O)cc2O)cc1. The van der Waals surface area contributed by atoms with Crippen LogP contribution in [0.25, 0.3) is 34.2 Å². The molecule has 1 saturated heterocycles. The monoisotopic (exact) mass is 931 g/mol. The number of morpholine rings is 1. The number of amides is 2. The smallest absolute Gasteiger partial charge is 0.293 e. The molecule has 2 aromatic heterocycles. The van der Waals surface area contributed by atoms with E-state index in [4.69, 9.17) is 10.5 Å². The Morgan fingerprint density at radius 3 is 1.72 bits per heavy atom. The number of aromatic nitrogens is 6. The van der Waals surface area contributed by atoms with Crippen molar-refractivity contribution in [1.29, 1.82) is 0 Å². The number of sulfonamides is 2. The van der Waals surface area contributed by atoms with Crippen molar-refractivity contribution in [3.8, 4) is 57.1 Å². The standard InChI is InChI=1S/C41H45N11O11S2/c1-23(2)22-44-65(61,62)35-19-29(31(54)21-33(35)56)38-47-49-40(52(38)26-8-4-24(3)5-9-26)41(58)45-25-6-10-27(11-7-25)51-37(46-48-39(51)36(42)57)28-18-34(32(55)20-30(28)53)64(59,60)43-12-13-50-14-16-63-17-15-50/h4-11,18-21,23,43-44,53-56H,12-17,22H2,1-3H3,(H2,42,57)(H,45,58). The van der Waals surface area contributed by atoms with Gasteiger partial charge in [-0.15, -0.1) is 20.4 Å². The van der Waals surface area contributed by atoms with Gasteiger partial charge in [0.25, 0.3) is 11.8 Å². The maximum absolute atomic E-state index is 14.0. The highest BCUT2D eigenvalue weighted by Gasteiger charge is 2.29. The summed E-state index contributed by atoms with van der Waals surface area (Å²) in [6.07, 6.45) is 0. The summed E-state index contributed by atoms with van der Waals surface area (Å²) in [6, 6.07) is 16.3. The van der Waals surface area contributed by atoms with Gasteiger partial charge in [0.1, 0.15) is 32.8 Å². The van der Waals surface area contributed by atoms with Crippen molar-refractivity contribution >= 4 is 37.5 Å². The lowest BCUT2D eigenvalue weighted by atomic mass is 10.1. The lowest BCUT2D eigenvalue weighted by molar-refractivity contribution is 0.0390. The highest BCUT2D eigenvalue weighted by atomic mass is 32.2. The zero-order valence-corrected chi connectivity index (χ0v) is 36.8. The van der Waals surface area contributed by atoms with Crippen molar-refractivity contribution in [2.45, 2.75) is 30.6 Å². The lowest BCUT2D eigenvalue weighted by Gasteiger charge is -2.26. The molecule has 9 N–H and O–H groups in total. The van der Waals surface area contributed by atoms with Gasteiger partial charge in [-0.25, -0.2) is 26.3 Å². The second-order valence-electron chi connectivity index (χ2n) is 15.3. The summed E-state index contributed by atoms with van der Waals surface area (Å²) in [5.74, 6) is -5.54. The summed E-state index contributed by atoms with van der Waals surface area (Å²) in [6.45, 7) is 8.21. The van der Waals surface area contributed by atoms with Crippen molar-refractivity contribution < 1.29 is 51.6 Å². The second kappa shape index (κ2) is 18.6. The predicted molar refractivity (Wildman–Crippen MR) is 234 cm³/mol. The van der Waals surface area contributed by atoms with Crippen LogP contribution < -0.4 is 20.5 Å². The highest BCUT2D eigenvalue weighted by Crippen LogP contribution is 2.39. The number of nitrogens with zero attached hydrogens (tertiary/aromatic N) is 7. The number of carbonyl (C=O) groups excluding carboxylic acids is 2. The number of phenolic OH excluding ortho intramolecular Hbond substituents is 4. The number of anilines is 1. The van der Waals surface area contributed by atoms with Gasteiger partial charge in [-0.1, -0.05) is 31.5 Å². The Morgan fingerprint density at radius 2 is 1.20 bits per heavy atom. The van der Waals surface area contributed by atoms with E-state index in [0.717, 1.165) is 34.4 Å². The molecule has 342 valence electrons. The Bertz CT molecular complexity index is 2990. The van der Waals surface area contributed by atoms with Crippen LogP contribution in [0.5, 0.6) is 23.0 Å². The first-order valence-electron chi connectivity index (χ1n) is 20.0. The maximum Gasteiger partial charge on any atom is 0.293 e. The molecule has 0 bridgehead atoms. The first-order valence-corrected chi connectivity index (χ1v) is 22.9. The summed E-state index contributed by atoms with van der Waals surface area (Å²) in [4.78, 5) is 27.5. The van der Waals surface area contributed by atoms with Crippen LogP contribution in [0.3, 0.4) is 0 Å². The molecule has 2 amide bonds. The van der Waals surface area contributed by atoms with E-state index < -0.39 is 70.5 Å². The average Bonchev–Trinajstić information content (AvgIpc) is 3.90. The number of hydrogen-bond acceptors (Lipinski definition) is 16. The number of aryl methyl sites for hydroxylation is 1. The van der Waals surface area contributed by atoms with Crippen LogP contribution >= 0.6 is 0 Å². The number of hydrogen-bond donors (Lipinski definition) is 8. The maximum atomic E-state index is 14.0. The fraction of sp³-hybridized carbons (Fsp3) is 0.268. The summed E-state index contributed by atoms with van der Waals surface area (Å²) < 4.78 is 65.9. The molecule has 6 aromatic rings. The van der Waals surface area contributed by atoms with Crippen LogP contribution in [0, 0.1) is 12.8 Å². The number of nitrogens with two attached hydrogens (primary N) is 1. The summed E-state index contributed by atoms with van der Waals surface area (Å²) in [7, 11) is -8.61. The van der Waals surface area contributed by atoms with Crippen LogP contribution in [0.2, 0.25) is 0 Å². The van der Waals surface area contributed by atoms with Crippen LogP contribution in [0.1, 0.15) is 40.6 Å². The van der Waals surface area contributed by atoms with E-state index in [1.165, 1.54) is 28.8 Å². The van der Waals surface area contributed by atoms with Gasteiger partial charge in [-0.2, -0.15) is 0 Å². The Balaban J connectivity index is 1.20. The van der Waals surface area contributed by atoms with Crippen molar-refractivity contribution in [3.63, 3.8) is 0 Å². The third-order valence-corrected chi connectivity index (χ3v) is 13.1. The number of carbonyl (C=O) groups is 2. The van der Waals surface area contributed by atoms with Gasteiger partial charge in [-0.3, -0.25) is 23.6 Å². The minimum absolute atomic E-state index is 0.0141. The molecule has 0 aliphatic carbocycles. The van der Waals surface area contributed by atoms with Crippen LogP contribution in [-0.2, 0) is 24.8 Å². The van der Waals surface area contributed by atoms with Crippen molar-refractivity contribution in [1.82, 2.24) is 43.9 Å². The molecular weight excluding hydrogens is 887 g/mol. The molecule has 1 aliphatic rings. The largest absolute Gasteiger partial charge is 0.507 e. The Kier molecular flexibility index (Phi) is 13.2. The van der Waals surface area contributed by atoms with Crippen LogP contribution in [0.15, 0.2) is 82.6 Å². The molecule has 0 spiro atoms. The fourth-order valence-electron chi connectivity index (χ4n) is 6.79. The molecular formula is C41H45N11O11S2. The van der Waals surface area contributed by atoms with Crippen molar-refractivity contribution in [3.05, 3.63) is 90.0 Å². The number of ether oxygens (including phenoxy) is 1. The van der Waals surface area contributed by atoms with E-state index >= 15 is 0 Å². The fourth-order valence-corrected chi connectivity index (χ4v) is 9.22. The number of benzene rings is 4. The molecule has 7 rings (SSSR count). The second-order valence-corrected chi connectivity index (χ2v) is 18.8. The van der Waals surface area contributed by atoms with Gasteiger partial charge in [0.2, 0.25) is 31.7 Å². The number of primary amides is 1. The summed E-state index contributed by atoms with van der Waals surface area (Å²) in [5.41, 5.74) is 6.87. The minimum Gasteiger partial charge on any atom is -0.507 e. The Hall–Kier alpha value is -6.96. The van der Waals surface area contributed by atoms with Gasteiger partial charge in [0.05, 0.1) is 24.3 Å². The average molecular weight is 932 g/mol. The van der Waals surface area contributed by atoms with E-state index in [2.05, 4.69) is 35.2 Å². The Morgan fingerprint density at radius 1 is 0.708 bits per heavy atom. The van der Waals surface area contributed by atoms with E-state index in [-0.39, 0.29) is 59.0 Å². The number of rotatable bonds is 16. The first-order chi connectivity index (χ1) is 30.8. The van der Waals surface area contributed by atoms with Gasteiger partial charge in [0, 0.05) is 61.9 Å². The molecule has 4 aromatic carbocycles. The topological polar surface area (TPSA) is 319 Å². The molecule has 1 fully saturated rings. The quantitative estimate of drug-likeness (QED) is 0.0690. The van der Waals surface area contributed by atoms with E-state index in [0.29, 0.717) is 38.5 Å². The molecule has 0 unspecified atom stereocenters. The summed E-state index contributed by atoms with van der Waals surface area (Å²) >= 11 is 0. The van der Waals surface area contributed by atoms with Gasteiger partial charge < -0.3 is 36.2 Å². The molecule has 0 atom stereocenters. The van der Waals surface area contributed by atoms with Crippen molar-refractivity contribution in [2.24, 2.45) is 11.7 Å². The van der Waals surface area contributed by atoms with E-state index in [9.17, 15) is 46.9 Å². The molecule has 1 aliphatic heterocycles. The first kappa shape index (κ1) is 46.0. The van der Waals surface area contributed by atoms with Crippen LogP contribution in [-0.4, -0.2) is 129 Å². The number of phenols is 4. The normalized spacial score (nSPS) is 13.6. The molecule has 22 nitrogen and oxygen atoms in total. The van der Waals surface area contributed by atoms with Crippen LogP contribution in [0.4, 0.5) is 5.69 Å². The molecule has 24 heteroatoms. The van der Waals surface area contributed by atoms with Gasteiger partial charge in [0.15, 0.2) is 11.6 Å². The zero-order valence-electron chi connectivity index (χ0n) is 35.1. The molecule has 0 saturated carbocycles. The number of aromatic hydroxyl groups is 4. The Labute approximate surface area is 372 Å². The minimum atomic E-state index is -4.34. The predicted octanol–water partition coefficient (Wildman–Crippen LogP) is 2.21. The number of nitrogens with one attached hydrogen (secondary N) is 3. The molecule has 0 radical (unpaired) electrons. The third kappa shape index (κ3) is 9.91. The van der Waals surface area contributed by atoms with Gasteiger partial charge in [-0.05, 0) is 61.4 Å². The summed E-state index contributed by atoms with van der Waals surface area (Å²) in [5, 5.41) is 62.1. The van der Waals surface area contributed by atoms with Crippen molar-refractivity contribution in [2.75, 3.05) is 51.3 Å². The zero-order chi connectivity index (χ0) is 46.8.